The zero-order chi connectivity index (χ0) is 24.5. The monoisotopic (exact) mass is 448 g/mol. The summed E-state index contributed by atoms with van der Waals surface area (Å²) in [5.41, 5.74) is 0. The standard InChI is InChI=1S/C22H28N2O8/c1-3-15(2)20(22(31)32)24-18(26)13-11-9-7-5-4-6-8-10-12-17(25)23-16(21(29)30)14-19(27)28/h4-13,15-16,20H,3,14H2,1-2H3,(H,23,25)(H,24,26)(H,27,28)(H,29,30)(H,31,32)/b5-4+,8-6+,9-7+,12-10+,13-11+/t15-,16-,20-/m0/s1. The van der Waals surface area contributed by atoms with E-state index >= 15 is 0 Å². The van der Waals surface area contributed by atoms with Crippen LogP contribution in [0.1, 0.15) is 26.7 Å². The van der Waals surface area contributed by atoms with Crippen LogP contribution in [0.5, 0.6) is 0 Å². The van der Waals surface area contributed by atoms with E-state index in [0.717, 1.165) is 6.08 Å². The molecule has 0 aliphatic rings. The number of nitrogens with one attached hydrogen (secondary N) is 2. The summed E-state index contributed by atoms with van der Waals surface area (Å²) in [7, 11) is 0. The Morgan fingerprint density at radius 3 is 1.53 bits per heavy atom. The average molecular weight is 448 g/mol. The first-order chi connectivity index (χ1) is 15.1. The first kappa shape index (κ1) is 28.1. The van der Waals surface area contributed by atoms with Gasteiger partial charge in [-0.3, -0.25) is 14.4 Å². The average Bonchev–Trinajstić information content (AvgIpc) is 2.71. The Balaban J connectivity index is 4.45. The van der Waals surface area contributed by atoms with E-state index in [1.807, 2.05) is 6.92 Å². The smallest absolute Gasteiger partial charge is 0.326 e. The fourth-order valence-corrected chi connectivity index (χ4v) is 2.15. The van der Waals surface area contributed by atoms with Gasteiger partial charge in [0.25, 0.3) is 0 Å². The molecule has 10 heteroatoms. The predicted molar refractivity (Wildman–Crippen MR) is 117 cm³/mol. The number of carboxylic acids is 3. The van der Waals surface area contributed by atoms with Gasteiger partial charge in [-0.2, -0.15) is 0 Å². The topological polar surface area (TPSA) is 170 Å². The summed E-state index contributed by atoms with van der Waals surface area (Å²) < 4.78 is 0. The minimum atomic E-state index is -1.51. The van der Waals surface area contributed by atoms with E-state index in [4.69, 9.17) is 15.3 Å². The minimum Gasteiger partial charge on any atom is -0.481 e. The zero-order valence-corrected chi connectivity index (χ0v) is 17.8. The van der Waals surface area contributed by atoms with Gasteiger partial charge in [0.05, 0.1) is 6.42 Å². The molecule has 0 radical (unpaired) electrons. The van der Waals surface area contributed by atoms with Crippen molar-refractivity contribution in [2.75, 3.05) is 0 Å². The molecular weight excluding hydrogens is 420 g/mol. The van der Waals surface area contributed by atoms with E-state index in [2.05, 4.69) is 10.6 Å². The van der Waals surface area contributed by atoms with Gasteiger partial charge >= 0.3 is 17.9 Å². The molecule has 0 aromatic heterocycles. The first-order valence-electron chi connectivity index (χ1n) is 9.71. The number of hydrogen-bond acceptors (Lipinski definition) is 5. The maximum atomic E-state index is 11.8. The Morgan fingerprint density at radius 2 is 1.16 bits per heavy atom. The molecular formula is C22H28N2O8. The SMILES string of the molecule is CC[C@H](C)[C@H](NC(=O)/C=C/C=C/C=C/C=C/C=C/C(=O)N[C@@H](CC(=O)O)C(=O)O)C(=O)O. The quantitative estimate of drug-likeness (QED) is 0.196. The molecule has 0 heterocycles. The third-order valence-corrected chi connectivity index (χ3v) is 4.04. The van der Waals surface area contributed by atoms with Crippen molar-refractivity contribution in [2.45, 2.75) is 38.8 Å². The lowest BCUT2D eigenvalue weighted by molar-refractivity contribution is -0.146. The van der Waals surface area contributed by atoms with Crippen molar-refractivity contribution in [3.05, 3.63) is 60.8 Å². The molecule has 10 nitrogen and oxygen atoms in total. The van der Waals surface area contributed by atoms with E-state index in [-0.39, 0.29) is 5.92 Å². The second kappa shape index (κ2) is 15.8. The fraction of sp³-hybridized carbons (Fsp3) is 0.318. The van der Waals surface area contributed by atoms with E-state index in [9.17, 15) is 24.0 Å². The van der Waals surface area contributed by atoms with Crippen LogP contribution >= 0.6 is 0 Å². The molecule has 32 heavy (non-hydrogen) atoms. The number of carbonyl (C=O) groups is 5. The molecule has 0 spiro atoms. The maximum Gasteiger partial charge on any atom is 0.326 e. The number of carboxylic acid groups (broad SMARTS) is 3. The molecule has 0 saturated carbocycles. The number of rotatable bonds is 14. The second-order valence-corrected chi connectivity index (χ2v) is 6.58. The molecule has 0 fully saturated rings. The highest BCUT2D eigenvalue weighted by molar-refractivity contribution is 5.92. The summed E-state index contributed by atoms with van der Waals surface area (Å²) in [5.74, 6) is -5.32. The van der Waals surface area contributed by atoms with E-state index in [1.165, 1.54) is 24.3 Å². The number of amides is 2. The summed E-state index contributed by atoms with van der Waals surface area (Å²) in [6.07, 6.45) is 14.5. The van der Waals surface area contributed by atoms with Gasteiger partial charge in [-0.15, -0.1) is 0 Å². The van der Waals surface area contributed by atoms with Crippen molar-refractivity contribution >= 4 is 29.7 Å². The lowest BCUT2D eigenvalue weighted by Gasteiger charge is -2.19. The third-order valence-electron chi connectivity index (χ3n) is 4.04. The molecule has 0 unspecified atom stereocenters. The van der Waals surface area contributed by atoms with Crippen LogP contribution < -0.4 is 10.6 Å². The van der Waals surface area contributed by atoms with Crippen LogP contribution in [0.4, 0.5) is 0 Å². The van der Waals surface area contributed by atoms with Gasteiger partial charge in [0.2, 0.25) is 11.8 Å². The minimum absolute atomic E-state index is 0.196. The van der Waals surface area contributed by atoms with Crippen molar-refractivity contribution < 1.29 is 39.3 Å². The van der Waals surface area contributed by atoms with Crippen molar-refractivity contribution in [3.8, 4) is 0 Å². The Bertz CT molecular complexity index is 824. The summed E-state index contributed by atoms with van der Waals surface area (Å²) in [5, 5.41) is 31.1. The van der Waals surface area contributed by atoms with Gasteiger partial charge < -0.3 is 26.0 Å². The normalized spacial score (nSPS) is 14.8. The molecule has 0 aromatic carbocycles. The van der Waals surface area contributed by atoms with Gasteiger partial charge in [0.15, 0.2) is 0 Å². The number of hydrogen-bond donors (Lipinski definition) is 5. The van der Waals surface area contributed by atoms with Crippen LogP contribution in [0.25, 0.3) is 0 Å². The van der Waals surface area contributed by atoms with Gasteiger partial charge in [-0.05, 0) is 5.92 Å². The summed E-state index contributed by atoms with van der Waals surface area (Å²) in [6, 6.07) is -2.47. The zero-order valence-electron chi connectivity index (χ0n) is 17.8. The molecule has 0 saturated heterocycles. The molecule has 0 aromatic rings. The summed E-state index contributed by atoms with van der Waals surface area (Å²) in [6.45, 7) is 3.59. The largest absolute Gasteiger partial charge is 0.481 e. The number of carbonyl (C=O) groups excluding carboxylic acids is 2. The lowest BCUT2D eigenvalue weighted by atomic mass is 9.99. The Kier molecular flexibility index (Phi) is 13.9. The van der Waals surface area contributed by atoms with Crippen LogP contribution in [0.3, 0.4) is 0 Å². The number of allylic oxidation sites excluding steroid dienone is 8. The van der Waals surface area contributed by atoms with E-state index in [0.29, 0.717) is 6.42 Å². The Labute approximate surface area is 185 Å². The van der Waals surface area contributed by atoms with Gasteiger partial charge in [-0.25, -0.2) is 9.59 Å². The molecule has 0 rings (SSSR count). The third kappa shape index (κ3) is 13.3. The predicted octanol–water partition coefficient (Wildman–Crippen LogP) is 1.43. The van der Waals surface area contributed by atoms with Gasteiger partial charge in [0, 0.05) is 12.2 Å². The van der Waals surface area contributed by atoms with Crippen LogP contribution in [0.15, 0.2) is 60.8 Å². The number of aliphatic carboxylic acids is 3. The highest BCUT2D eigenvalue weighted by atomic mass is 16.4. The van der Waals surface area contributed by atoms with E-state index in [1.54, 1.807) is 37.3 Å². The van der Waals surface area contributed by atoms with Crippen LogP contribution in [-0.4, -0.2) is 57.1 Å². The molecule has 174 valence electrons. The van der Waals surface area contributed by atoms with Gasteiger partial charge in [0.1, 0.15) is 12.1 Å². The highest BCUT2D eigenvalue weighted by Gasteiger charge is 2.24. The van der Waals surface area contributed by atoms with Crippen molar-refractivity contribution in [1.29, 1.82) is 0 Å². The molecule has 0 bridgehead atoms. The van der Waals surface area contributed by atoms with Gasteiger partial charge in [-0.1, -0.05) is 68.9 Å². The maximum absolute atomic E-state index is 11.8. The highest BCUT2D eigenvalue weighted by Crippen LogP contribution is 2.07. The second-order valence-electron chi connectivity index (χ2n) is 6.58. The van der Waals surface area contributed by atoms with Crippen molar-refractivity contribution in [3.63, 3.8) is 0 Å². The van der Waals surface area contributed by atoms with Crippen molar-refractivity contribution in [2.24, 2.45) is 5.92 Å². The summed E-state index contributed by atoms with van der Waals surface area (Å²) in [4.78, 5) is 55.9. The Morgan fingerprint density at radius 1 is 0.719 bits per heavy atom. The molecule has 3 atom stereocenters. The van der Waals surface area contributed by atoms with Crippen LogP contribution in [-0.2, 0) is 24.0 Å². The fourth-order valence-electron chi connectivity index (χ4n) is 2.15. The first-order valence-corrected chi connectivity index (χ1v) is 9.71. The summed E-state index contributed by atoms with van der Waals surface area (Å²) >= 11 is 0. The molecule has 5 N–H and O–H groups in total. The van der Waals surface area contributed by atoms with Crippen molar-refractivity contribution in [1.82, 2.24) is 10.6 Å². The van der Waals surface area contributed by atoms with Crippen LogP contribution in [0, 0.1) is 5.92 Å². The Hall–Kier alpha value is -3.95. The molecule has 0 aliphatic carbocycles. The van der Waals surface area contributed by atoms with Crippen LogP contribution in [0.2, 0.25) is 0 Å². The lowest BCUT2D eigenvalue weighted by Crippen LogP contribution is -2.44. The van der Waals surface area contributed by atoms with E-state index < -0.39 is 48.2 Å². The molecule has 2 amide bonds. The molecule has 0 aliphatic heterocycles.